The van der Waals surface area contributed by atoms with E-state index in [0.29, 0.717) is 25.4 Å². The molecule has 0 radical (unpaired) electrons. The van der Waals surface area contributed by atoms with E-state index in [-0.39, 0.29) is 12.1 Å². The van der Waals surface area contributed by atoms with Gasteiger partial charge in [0.05, 0.1) is 6.10 Å². The second kappa shape index (κ2) is 10.1. The zero-order valence-electron chi connectivity index (χ0n) is 14.6. The van der Waals surface area contributed by atoms with Gasteiger partial charge < -0.3 is 20.6 Å². The Labute approximate surface area is 144 Å². The lowest BCUT2D eigenvalue weighted by Gasteiger charge is -2.33. The van der Waals surface area contributed by atoms with E-state index in [9.17, 15) is 9.90 Å². The summed E-state index contributed by atoms with van der Waals surface area (Å²) >= 11 is 0. The Kier molecular flexibility index (Phi) is 7.82. The highest BCUT2D eigenvalue weighted by Gasteiger charge is 2.19. The Balaban J connectivity index is 1.55. The molecule has 2 rings (SSSR count). The Morgan fingerprint density at radius 2 is 1.96 bits per heavy atom. The molecule has 2 heterocycles. The highest BCUT2D eigenvalue weighted by molar-refractivity contribution is 5.73. The van der Waals surface area contributed by atoms with Crippen molar-refractivity contribution < 1.29 is 9.90 Å². The number of carbonyl (C=O) groups is 1. The number of nitrogens with zero attached hydrogens (tertiary/aromatic N) is 2. The number of aromatic nitrogens is 1. The summed E-state index contributed by atoms with van der Waals surface area (Å²) in [4.78, 5) is 18.1. The number of aliphatic hydroxyl groups is 1. The molecule has 6 heteroatoms. The Hall–Kier alpha value is -1.82. The molecular weight excluding hydrogens is 304 g/mol. The Morgan fingerprint density at radius 3 is 2.62 bits per heavy atom. The third-order valence-corrected chi connectivity index (χ3v) is 4.71. The van der Waals surface area contributed by atoms with Gasteiger partial charge >= 0.3 is 6.03 Å². The molecule has 0 spiro atoms. The first-order valence-electron chi connectivity index (χ1n) is 9.03. The number of carbonyl (C=O) groups excluding carboxylic acids is 1. The average molecular weight is 334 g/mol. The standard InChI is InChI=1S/C18H30N4O2/c1-2-17(23)6-12-21-18(24)20-11-3-15-7-13-22(14-8-15)16-4-9-19-10-5-16/h4-5,9-10,15,17,23H,2-3,6-8,11-14H2,1H3,(H2,20,21,24). The van der Waals surface area contributed by atoms with E-state index in [4.69, 9.17) is 0 Å². The van der Waals surface area contributed by atoms with Crippen molar-refractivity contribution >= 4 is 11.7 Å². The number of pyridine rings is 1. The minimum atomic E-state index is -0.323. The number of urea groups is 1. The van der Waals surface area contributed by atoms with Crippen molar-refractivity contribution in [2.75, 3.05) is 31.1 Å². The first kappa shape index (κ1) is 18.5. The maximum atomic E-state index is 11.7. The average Bonchev–Trinajstić information content (AvgIpc) is 2.63. The van der Waals surface area contributed by atoms with Gasteiger partial charge in [-0.05, 0) is 50.2 Å². The monoisotopic (exact) mass is 334 g/mol. The zero-order valence-corrected chi connectivity index (χ0v) is 14.6. The molecule has 0 aliphatic carbocycles. The maximum absolute atomic E-state index is 11.7. The normalized spacial score (nSPS) is 16.7. The summed E-state index contributed by atoms with van der Waals surface area (Å²) in [6.07, 6.45) is 8.03. The molecule has 1 aliphatic heterocycles. The van der Waals surface area contributed by atoms with Crippen molar-refractivity contribution in [3.63, 3.8) is 0 Å². The van der Waals surface area contributed by atoms with Crippen LogP contribution in [0.5, 0.6) is 0 Å². The van der Waals surface area contributed by atoms with Crippen LogP contribution in [0.25, 0.3) is 0 Å². The van der Waals surface area contributed by atoms with Crippen LogP contribution in [-0.4, -0.2) is 48.4 Å². The molecule has 0 saturated carbocycles. The molecule has 1 atom stereocenters. The van der Waals surface area contributed by atoms with Crippen LogP contribution in [0, 0.1) is 5.92 Å². The van der Waals surface area contributed by atoms with Gasteiger partial charge in [-0.25, -0.2) is 4.79 Å². The number of anilines is 1. The van der Waals surface area contributed by atoms with Crippen molar-refractivity contribution in [2.24, 2.45) is 5.92 Å². The predicted octanol–water partition coefficient (Wildman–Crippen LogP) is 2.15. The van der Waals surface area contributed by atoms with Crippen molar-refractivity contribution in [3.05, 3.63) is 24.5 Å². The first-order chi connectivity index (χ1) is 11.7. The molecule has 24 heavy (non-hydrogen) atoms. The highest BCUT2D eigenvalue weighted by Crippen LogP contribution is 2.24. The van der Waals surface area contributed by atoms with Crippen LogP contribution in [0.2, 0.25) is 0 Å². The second-order valence-electron chi connectivity index (χ2n) is 6.46. The fourth-order valence-electron chi connectivity index (χ4n) is 3.04. The van der Waals surface area contributed by atoms with Gasteiger partial charge in [-0.2, -0.15) is 0 Å². The summed E-state index contributed by atoms with van der Waals surface area (Å²) in [7, 11) is 0. The summed E-state index contributed by atoms with van der Waals surface area (Å²) in [5.74, 6) is 0.672. The Morgan fingerprint density at radius 1 is 1.29 bits per heavy atom. The third kappa shape index (κ3) is 6.35. The molecule has 1 aliphatic rings. The number of rotatable bonds is 8. The van der Waals surface area contributed by atoms with Crippen LogP contribution in [0.1, 0.15) is 39.0 Å². The molecule has 3 N–H and O–H groups in total. The van der Waals surface area contributed by atoms with Crippen molar-refractivity contribution in [3.8, 4) is 0 Å². The van der Waals surface area contributed by atoms with Crippen LogP contribution in [0.15, 0.2) is 24.5 Å². The Bertz CT molecular complexity index is 475. The van der Waals surface area contributed by atoms with Gasteiger partial charge in [-0.3, -0.25) is 4.98 Å². The van der Waals surface area contributed by atoms with Gasteiger partial charge in [0.2, 0.25) is 0 Å². The SMILES string of the molecule is CCC(O)CCNC(=O)NCCC1CCN(c2ccncc2)CC1. The summed E-state index contributed by atoms with van der Waals surface area (Å²) in [5, 5.41) is 15.1. The van der Waals surface area contributed by atoms with E-state index in [1.165, 1.54) is 5.69 Å². The number of amides is 2. The van der Waals surface area contributed by atoms with Crippen LogP contribution in [0.4, 0.5) is 10.5 Å². The predicted molar refractivity (Wildman–Crippen MR) is 96.1 cm³/mol. The maximum Gasteiger partial charge on any atom is 0.314 e. The third-order valence-electron chi connectivity index (χ3n) is 4.71. The van der Waals surface area contributed by atoms with Crippen LogP contribution < -0.4 is 15.5 Å². The molecule has 2 amide bonds. The summed E-state index contributed by atoms with van der Waals surface area (Å²) in [6.45, 7) is 5.30. The zero-order chi connectivity index (χ0) is 17.2. The molecule has 0 bridgehead atoms. The van der Waals surface area contributed by atoms with Gasteiger partial charge in [0, 0.05) is 44.3 Å². The number of hydrogen-bond acceptors (Lipinski definition) is 4. The second-order valence-corrected chi connectivity index (χ2v) is 6.46. The lowest BCUT2D eigenvalue weighted by Crippen LogP contribution is -2.39. The molecular formula is C18H30N4O2. The summed E-state index contributed by atoms with van der Waals surface area (Å²) in [5.41, 5.74) is 1.25. The van der Waals surface area contributed by atoms with Crippen LogP contribution >= 0.6 is 0 Å². The van der Waals surface area contributed by atoms with Crippen molar-refractivity contribution in [2.45, 2.75) is 45.1 Å². The molecule has 1 unspecified atom stereocenters. The lowest BCUT2D eigenvalue weighted by atomic mass is 9.93. The number of hydrogen-bond donors (Lipinski definition) is 3. The smallest absolute Gasteiger partial charge is 0.314 e. The van der Waals surface area contributed by atoms with E-state index in [1.54, 1.807) is 0 Å². The van der Waals surface area contributed by atoms with E-state index in [0.717, 1.165) is 38.8 Å². The van der Waals surface area contributed by atoms with Crippen LogP contribution in [0.3, 0.4) is 0 Å². The number of aliphatic hydroxyl groups excluding tert-OH is 1. The van der Waals surface area contributed by atoms with Crippen molar-refractivity contribution in [1.82, 2.24) is 15.6 Å². The minimum Gasteiger partial charge on any atom is -0.393 e. The number of nitrogens with one attached hydrogen (secondary N) is 2. The van der Waals surface area contributed by atoms with Gasteiger partial charge in [-0.1, -0.05) is 6.92 Å². The first-order valence-corrected chi connectivity index (χ1v) is 9.03. The molecule has 1 saturated heterocycles. The molecule has 1 aromatic rings. The van der Waals surface area contributed by atoms with Gasteiger partial charge in [-0.15, -0.1) is 0 Å². The molecule has 1 aromatic heterocycles. The topological polar surface area (TPSA) is 77.5 Å². The highest BCUT2D eigenvalue weighted by atomic mass is 16.3. The quantitative estimate of drug-likeness (QED) is 0.681. The number of piperidine rings is 1. The van der Waals surface area contributed by atoms with Gasteiger partial charge in [0.1, 0.15) is 0 Å². The van der Waals surface area contributed by atoms with E-state index in [1.807, 2.05) is 19.3 Å². The molecule has 6 nitrogen and oxygen atoms in total. The molecule has 1 fully saturated rings. The minimum absolute atomic E-state index is 0.132. The fraction of sp³-hybridized carbons (Fsp3) is 0.667. The largest absolute Gasteiger partial charge is 0.393 e. The van der Waals surface area contributed by atoms with Gasteiger partial charge in [0.15, 0.2) is 0 Å². The lowest BCUT2D eigenvalue weighted by molar-refractivity contribution is 0.160. The summed E-state index contributed by atoms with van der Waals surface area (Å²) < 4.78 is 0. The van der Waals surface area contributed by atoms with E-state index >= 15 is 0 Å². The van der Waals surface area contributed by atoms with E-state index < -0.39 is 0 Å². The van der Waals surface area contributed by atoms with Crippen LogP contribution in [-0.2, 0) is 0 Å². The van der Waals surface area contributed by atoms with Gasteiger partial charge in [0.25, 0.3) is 0 Å². The fourth-order valence-corrected chi connectivity index (χ4v) is 3.04. The van der Waals surface area contributed by atoms with Crippen molar-refractivity contribution in [1.29, 1.82) is 0 Å². The van der Waals surface area contributed by atoms with E-state index in [2.05, 4.69) is 32.7 Å². The summed E-state index contributed by atoms with van der Waals surface area (Å²) in [6, 6.07) is 3.98. The molecule has 134 valence electrons. The molecule has 0 aromatic carbocycles.